The van der Waals surface area contributed by atoms with Crippen molar-refractivity contribution >= 4 is 16.8 Å². The van der Waals surface area contributed by atoms with Crippen LogP contribution in [0.2, 0.25) is 0 Å². The first-order chi connectivity index (χ1) is 17.9. The molecule has 2 fully saturated rings. The summed E-state index contributed by atoms with van der Waals surface area (Å²) in [4.78, 5) is 19.8. The Kier molecular flexibility index (Phi) is 5.69. The minimum Gasteiger partial charge on any atom is -0.333 e. The van der Waals surface area contributed by atoms with Crippen LogP contribution in [0.3, 0.4) is 0 Å². The maximum absolute atomic E-state index is 15.7. The predicted octanol–water partition coefficient (Wildman–Crippen LogP) is 5.81. The molecule has 2 N–H and O–H groups in total. The van der Waals surface area contributed by atoms with E-state index in [2.05, 4.69) is 4.98 Å². The molecule has 37 heavy (non-hydrogen) atoms. The normalized spacial score (nSPS) is 20.7. The van der Waals surface area contributed by atoms with Crippen molar-refractivity contribution in [3.8, 4) is 28.3 Å². The van der Waals surface area contributed by atoms with E-state index >= 15 is 4.39 Å². The van der Waals surface area contributed by atoms with Gasteiger partial charge in [0.15, 0.2) is 5.82 Å². The maximum Gasteiger partial charge on any atom is 0.254 e. The van der Waals surface area contributed by atoms with Gasteiger partial charge in [-0.25, -0.2) is 8.78 Å². The van der Waals surface area contributed by atoms with Crippen molar-refractivity contribution in [2.45, 2.75) is 43.8 Å². The number of halogens is 2. The first-order valence-electron chi connectivity index (χ1n) is 12.4. The Morgan fingerprint density at radius 1 is 0.973 bits per heavy atom. The summed E-state index contributed by atoms with van der Waals surface area (Å²) >= 11 is 0. The summed E-state index contributed by atoms with van der Waals surface area (Å²) in [6.07, 6.45) is 4.97. The molecule has 5 nitrogen and oxygen atoms in total. The molecule has 184 valence electrons. The first kappa shape index (κ1) is 23.3. The number of nitrogens with two attached hydrogens (primary N) is 1. The topological polar surface area (TPSA) is 83.0 Å². The molecular weight excluding hydrogens is 470 g/mol. The highest BCUT2D eigenvalue weighted by Gasteiger charge is 2.42. The molecule has 3 atom stereocenters. The summed E-state index contributed by atoms with van der Waals surface area (Å²) < 4.78 is 30.3. The number of piperidine rings is 1. The number of amides is 1. The van der Waals surface area contributed by atoms with Gasteiger partial charge in [-0.1, -0.05) is 30.3 Å². The molecule has 0 spiro atoms. The van der Waals surface area contributed by atoms with Crippen molar-refractivity contribution in [1.29, 1.82) is 5.26 Å². The van der Waals surface area contributed by atoms with Crippen molar-refractivity contribution in [1.82, 2.24) is 9.88 Å². The fourth-order valence-corrected chi connectivity index (χ4v) is 5.94. The average Bonchev–Trinajstić information content (AvgIpc) is 3.19. The standard InChI is InChI=1S/C30H24F2N4O/c31-27-13-18(3-4-20(27)16-33)26-12-19(30(37)36-22-7-8-23(36)15-21(34)14-22)6-9-24(26)25-10-5-17-2-1-11-35-29(17)28(25)32/h1-6,9-13,21-23H,7-8,14-15,34H2/t21?,22-,23+. The number of hydrogen-bond donors (Lipinski definition) is 1. The van der Waals surface area contributed by atoms with Gasteiger partial charge in [-0.2, -0.15) is 5.26 Å². The highest BCUT2D eigenvalue weighted by atomic mass is 19.1. The Morgan fingerprint density at radius 3 is 2.46 bits per heavy atom. The summed E-state index contributed by atoms with van der Waals surface area (Å²) in [6, 6.07) is 18.5. The number of nitrogens with zero attached hydrogens (tertiary/aromatic N) is 3. The second-order valence-electron chi connectivity index (χ2n) is 9.90. The third-order valence-corrected chi connectivity index (χ3v) is 7.67. The molecule has 0 saturated carbocycles. The number of aromatic nitrogens is 1. The number of carbonyl (C=O) groups is 1. The molecule has 6 rings (SSSR count). The zero-order valence-electron chi connectivity index (χ0n) is 20.0. The molecule has 2 bridgehead atoms. The number of nitriles is 1. The number of pyridine rings is 1. The van der Waals surface area contributed by atoms with Crippen molar-refractivity contribution in [3.63, 3.8) is 0 Å². The third kappa shape index (κ3) is 3.94. The number of benzene rings is 3. The maximum atomic E-state index is 15.7. The molecule has 1 amide bonds. The summed E-state index contributed by atoms with van der Waals surface area (Å²) in [5.74, 6) is -1.26. The van der Waals surface area contributed by atoms with Gasteiger partial charge < -0.3 is 10.6 Å². The quantitative estimate of drug-likeness (QED) is 0.389. The molecule has 7 heteroatoms. The monoisotopic (exact) mass is 494 g/mol. The molecule has 3 heterocycles. The molecule has 0 aliphatic carbocycles. The van der Waals surface area contributed by atoms with E-state index in [1.807, 2.05) is 11.0 Å². The Hall–Kier alpha value is -4.15. The lowest BCUT2D eigenvalue weighted by molar-refractivity contribution is 0.0575. The summed E-state index contributed by atoms with van der Waals surface area (Å²) in [7, 11) is 0. The number of fused-ring (bicyclic) bond motifs is 3. The van der Waals surface area contributed by atoms with E-state index in [1.165, 1.54) is 18.3 Å². The van der Waals surface area contributed by atoms with Crippen LogP contribution in [0.5, 0.6) is 0 Å². The van der Waals surface area contributed by atoms with Gasteiger partial charge in [0.2, 0.25) is 0 Å². The fourth-order valence-electron chi connectivity index (χ4n) is 5.94. The molecule has 1 aromatic heterocycles. The van der Waals surface area contributed by atoms with Crippen LogP contribution in [0, 0.1) is 23.0 Å². The Morgan fingerprint density at radius 2 is 1.73 bits per heavy atom. The van der Waals surface area contributed by atoms with Gasteiger partial charge in [-0.3, -0.25) is 9.78 Å². The highest BCUT2D eigenvalue weighted by Crippen LogP contribution is 2.39. The lowest BCUT2D eigenvalue weighted by Gasteiger charge is -2.38. The largest absolute Gasteiger partial charge is 0.333 e. The van der Waals surface area contributed by atoms with E-state index in [4.69, 9.17) is 5.73 Å². The third-order valence-electron chi connectivity index (χ3n) is 7.67. The molecule has 2 aliphatic rings. The molecule has 3 aromatic carbocycles. The van der Waals surface area contributed by atoms with Crippen LogP contribution in [0.4, 0.5) is 8.78 Å². The van der Waals surface area contributed by atoms with Crippen molar-refractivity contribution in [2.75, 3.05) is 0 Å². The molecule has 2 aliphatic heterocycles. The second kappa shape index (κ2) is 9.06. The predicted molar refractivity (Wildman–Crippen MR) is 137 cm³/mol. The van der Waals surface area contributed by atoms with Crippen LogP contribution in [0.1, 0.15) is 41.6 Å². The van der Waals surface area contributed by atoms with E-state index in [9.17, 15) is 14.4 Å². The van der Waals surface area contributed by atoms with Gasteiger partial charge in [0.25, 0.3) is 5.91 Å². The molecule has 2 saturated heterocycles. The average molecular weight is 495 g/mol. The van der Waals surface area contributed by atoms with Crippen LogP contribution in [0.15, 0.2) is 66.9 Å². The summed E-state index contributed by atoms with van der Waals surface area (Å²) in [5, 5.41) is 9.85. The number of hydrogen-bond acceptors (Lipinski definition) is 4. The number of rotatable bonds is 3. The van der Waals surface area contributed by atoms with Crippen LogP contribution in [-0.2, 0) is 0 Å². The van der Waals surface area contributed by atoms with Gasteiger partial charge in [0, 0.05) is 40.8 Å². The number of carbonyl (C=O) groups excluding carboxylic acids is 1. The Bertz CT molecular complexity index is 1580. The summed E-state index contributed by atoms with van der Waals surface area (Å²) in [5.41, 5.74) is 8.56. The SMILES string of the molecule is N#Cc1ccc(-c2cc(C(=O)N3[C@@H]4CC[C@H]3CC(N)C4)ccc2-c2ccc3cccnc3c2F)cc1F. The van der Waals surface area contributed by atoms with E-state index < -0.39 is 11.6 Å². The first-order valence-corrected chi connectivity index (χ1v) is 12.4. The smallest absolute Gasteiger partial charge is 0.254 e. The summed E-state index contributed by atoms with van der Waals surface area (Å²) in [6.45, 7) is 0. The van der Waals surface area contributed by atoms with Gasteiger partial charge in [-0.15, -0.1) is 0 Å². The van der Waals surface area contributed by atoms with Gasteiger partial charge in [0.05, 0.1) is 5.56 Å². The van der Waals surface area contributed by atoms with E-state index in [1.54, 1.807) is 48.5 Å². The van der Waals surface area contributed by atoms with E-state index in [-0.39, 0.29) is 35.1 Å². The van der Waals surface area contributed by atoms with Crippen molar-refractivity contribution < 1.29 is 13.6 Å². The zero-order chi connectivity index (χ0) is 25.7. The Labute approximate surface area is 213 Å². The van der Waals surface area contributed by atoms with Gasteiger partial charge >= 0.3 is 0 Å². The molecular formula is C30H24F2N4O. The highest BCUT2D eigenvalue weighted by molar-refractivity contribution is 5.99. The van der Waals surface area contributed by atoms with Crippen LogP contribution in [0.25, 0.3) is 33.2 Å². The van der Waals surface area contributed by atoms with Crippen molar-refractivity contribution in [3.05, 3.63) is 89.6 Å². The van der Waals surface area contributed by atoms with Crippen LogP contribution < -0.4 is 5.73 Å². The van der Waals surface area contributed by atoms with Crippen molar-refractivity contribution in [2.24, 2.45) is 5.73 Å². The minimum atomic E-state index is -0.675. The minimum absolute atomic E-state index is 0.0835. The van der Waals surface area contributed by atoms with Crippen LogP contribution in [-0.4, -0.2) is 33.9 Å². The van der Waals surface area contributed by atoms with Gasteiger partial charge in [-0.05, 0) is 72.7 Å². The second-order valence-corrected chi connectivity index (χ2v) is 9.90. The van der Waals surface area contributed by atoms with Crippen LogP contribution >= 0.6 is 0 Å². The van der Waals surface area contributed by atoms with E-state index in [0.29, 0.717) is 33.2 Å². The molecule has 1 unspecified atom stereocenters. The molecule has 0 radical (unpaired) electrons. The lowest BCUT2D eigenvalue weighted by atomic mass is 9.90. The zero-order valence-corrected chi connectivity index (χ0v) is 20.0. The molecule has 4 aromatic rings. The lowest BCUT2D eigenvalue weighted by Crippen LogP contribution is -2.50. The van der Waals surface area contributed by atoms with E-state index in [0.717, 1.165) is 25.7 Å². The fraction of sp³-hybridized carbons (Fsp3) is 0.233. The van der Waals surface area contributed by atoms with Gasteiger partial charge in [0.1, 0.15) is 17.4 Å². The Balaban J connectivity index is 1.50.